The Morgan fingerprint density at radius 1 is 1.15 bits per heavy atom. The van der Waals surface area contributed by atoms with Crippen LogP contribution in [0, 0.1) is 18.2 Å². The van der Waals surface area contributed by atoms with Gasteiger partial charge in [0.2, 0.25) is 6.54 Å². The predicted molar refractivity (Wildman–Crippen MR) is 173 cm³/mol. The molecule has 8 nitrogen and oxygen atoms in total. The molecule has 0 aliphatic carbocycles. The number of rotatable bonds is 7. The van der Waals surface area contributed by atoms with Gasteiger partial charge in [0.1, 0.15) is 29.8 Å². The van der Waals surface area contributed by atoms with Crippen molar-refractivity contribution in [1.82, 2.24) is 19.8 Å². The highest BCUT2D eigenvalue weighted by Crippen LogP contribution is 2.43. The third-order valence-electron chi connectivity index (χ3n) is 8.70. The van der Waals surface area contributed by atoms with Crippen LogP contribution in [0.1, 0.15) is 12.8 Å². The van der Waals surface area contributed by atoms with Crippen LogP contribution in [0.4, 0.5) is 19.0 Å². The summed E-state index contributed by atoms with van der Waals surface area (Å²) in [6.45, 7) is 12.0. The van der Waals surface area contributed by atoms with E-state index in [-0.39, 0.29) is 82.7 Å². The van der Waals surface area contributed by atoms with Gasteiger partial charge in [-0.1, -0.05) is 54.0 Å². The smallest absolute Gasteiger partial charge is 0.319 e. The average molecular weight is 670 g/mol. The standard InChI is InChI=1S/C33H29Cl2F3N6O2/c1-18(36)32(45)44-13-12-43(16-21(44)15-39-2)31-23-14-24(34)27(22-8-4-6-19-9-10-25(37)28(35)26(19)22)29(38)30(23)40-33(41-31)46-17-20-7-5-11-42(20)3/h4,6,8-10,14,20-21H,1,5,7,11-13,15-17H2,3H3/t20-,21-/m0/s1. The lowest BCUT2D eigenvalue weighted by Gasteiger charge is -2.39. The number of nitrogens with zero attached hydrogens (tertiary/aromatic N) is 6. The summed E-state index contributed by atoms with van der Waals surface area (Å²) in [6, 6.07) is 8.79. The number of fused-ring (bicyclic) bond motifs is 2. The molecule has 46 heavy (non-hydrogen) atoms. The van der Waals surface area contributed by atoms with E-state index in [0.717, 1.165) is 19.4 Å². The Balaban J connectivity index is 1.50. The van der Waals surface area contributed by atoms with E-state index in [1.807, 2.05) is 7.05 Å². The van der Waals surface area contributed by atoms with Gasteiger partial charge < -0.3 is 24.3 Å². The van der Waals surface area contributed by atoms with Crippen LogP contribution < -0.4 is 9.64 Å². The highest BCUT2D eigenvalue weighted by atomic mass is 35.5. The molecule has 2 atom stereocenters. The minimum absolute atomic E-state index is 0.0128. The molecule has 0 radical (unpaired) electrons. The van der Waals surface area contributed by atoms with Crippen LogP contribution >= 0.6 is 23.2 Å². The van der Waals surface area contributed by atoms with Crippen LogP contribution in [-0.2, 0) is 4.79 Å². The molecule has 1 aromatic heterocycles. The summed E-state index contributed by atoms with van der Waals surface area (Å²) in [5, 5.41) is 1.03. The van der Waals surface area contributed by atoms with E-state index in [1.165, 1.54) is 17.0 Å². The topological polar surface area (TPSA) is 66.2 Å². The van der Waals surface area contributed by atoms with Gasteiger partial charge in [0.15, 0.2) is 11.6 Å². The normalized spacial score (nSPS) is 18.7. The zero-order valence-electron chi connectivity index (χ0n) is 24.9. The number of carbonyl (C=O) groups excluding carboxylic acids is 1. The zero-order chi connectivity index (χ0) is 32.7. The molecule has 3 aromatic carbocycles. The molecular weight excluding hydrogens is 640 g/mol. The molecule has 0 spiro atoms. The van der Waals surface area contributed by atoms with E-state index in [9.17, 15) is 13.6 Å². The van der Waals surface area contributed by atoms with Crippen LogP contribution in [0.15, 0.2) is 48.8 Å². The molecular formula is C33H29Cl2F3N6O2. The molecule has 2 aliphatic heterocycles. The lowest BCUT2D eigenvalue weighted by molar-refractivity contribution is -0.131. The summed E-state index contributed by atoms with van der Waals surface area (Å²) in [6.07, 6.45) is 1.95. The molecule has 1 amide bonds. The Morgan fingerprint density at radius 3 is 2.67 bits per heavy atom. The third kappa shape index (κ3) is 5.81. The molecule has 0 saturated carbocycles. The summed E-state index contributed by atoms with van der Waals surface area (Å²) in [4.78, 5) is 30.4. The number of ether oxygens (including phenoxy) is 1. The molecule has 0 N–H and O–H groups in total. The van der Waals surface area contributed by atoms with E-state index < -0.39 is 29.4 Å². The van der Waals surface area contributed by atoms with Crippen molar-refractivity contribution in [2.75, 3.05) is 51.3 Å². The van der Waals surface area contributed by atoms with Crippen molar-refractivity contribution in [3.05, 3.63) is 81.9 Å². The van der Waals surface area contributed by atoms with E-state index in [2.05, 4.69) is 26.3 Å². The Labute approximate surface area is 273 Å². The van der Waals surface area contributed by atoms with E-state index in [4.69, 9.17) is 34.5 Å². The summed E-state index contributed by atoms with van der Waals surface area (Å²) in [7, 11) is 2.00. The fraction of sp³-hybridized carbons (Fsp3) is 0.333. The van der Waals surface area contributed by atoms with Crippen molar-refractivity contribution in [2.45, 2.75) is 24.9 Å². The maximum absolute atomic E-state index is 16.8. The first kappa shape index (κ1) is 31.9. The number of piperazine rings is 1. The number of carbonyl (C=O) groups is 1. The van der Waals surface area contributed by atoms with E-state index in [1.54, 1.807) is 29.2 Å². The summed E-state index contributed by atoms with van der Waals surface area (Å²) in [5.41, 5.74) is 0.194. The third-order valence-corrected chi connectivity index (χ3v) is 9.37. The number of likely N-dealkylation sites (N-methyl/N-ethyl adjacent to an activating group) is 1. The first-order valence-electron chi connectivity index (χ1n) is 14.7. The number of hydrogen-bond acceptors (Lipinski definition) is 6. The van der Waals surface area contributed by atoms with Gasteiger partial charge in [-0.15, -0.1) is 0 Å². The lowest BCUT2D eigenvalue weighted by Crippen LogP contribution is -2.56. The highest BCUT2D eigenvalue weighted by Gasteiger charge is 2.36. The van der Waals surface area contributed by atoms with Gasteiger partial charge in [-0.3, -0.25) is 4.79 Å². The second kappa shape index (κ2) is 12.9. The van der Waals surface area contributed by atoms with Crippen molar-refractivity contribution in [2.24, 2.45) is 0 Å². The van der Waals surface area contributed by atoms with E-state index in [0.29, 0.717) is 10.8 Å². The number of amides is 1. The monoisotopic (exact) mass is 668 g/mol. The molecule has 6 rings (SSSR count). The Hall–Kier alpha value is -4.11. The average Bonchev–Trinajstić information content (AvgIpc) is 3.45. The van der Waals surface area contributed by atoms with Crippen molar-refractivity contribution >= 4 is 56.6 Å². The van der Waals surface area contributed by atoms with Gasteiger partial charge in [-0.25, -0.2) is 19.7 Å². The molecule has 3 heterocycles. The van der Waals surface area contributed by atoms with Gasteiger partial charge in [-0.05, 0) is 49.5 Å². The summed E-state index contributed by atoms with van der Waals surface area (Å²) >= 11 is 13.2. The molecule has 13 heteroatoms. The molecule has 4 aromatic rings. The number of likely N-dealkylation sites (tertiary alicyclic amines) is 1. The largest absolute Gasteiger partial charge is 0.462 e. The minimum Gasteiger partial charge on any atom is -0.462 e. The molecule has 0 unspecified atom stereocenters. The SMILES string of the molecule is [C-]#[N+]C[C@H]1CN(c2nc(OC[C@@H]3CCCN3C)nc3c(F)c(-c4cccc5ccc(F)c(Cl)c45)c(Cl)cc23)CCN1C(=O)C(=C)F. The van der Waals surface area contributed by atoms with Gasteiger partial charge in [0.05, 0.1) is 10.0 Å². The van der Waals surface area contributed by atoms with Gasteiger partial charge >= 0.3 is 6.01 Å². The molecule has 0 bridgehead atoms. The van der Waals surface area contributed by atoms with Crippen molar-refractivity contribution in [1.29, 1.82) is 0 Å². The lowest BCUT2D eigenvalue weighted by atomic mass is 9.96. The Kier molecular flexibility index (Phi) is 8.97. The number of benzene rings is 3. The van der Waals surface area contributed by atoms with Gasteiger partial charge in [0, 0.05) is 42.0 Å². The fourth-order valence-corrected chi connectivity index (χ4v) is 6.89. The zero-order valence-corrected chi connectivity index (χ0v) is 26.4. The number of anilines is 1. The van der Waals surface area contributed by atoms with E-state index >= 15 is 4.39 Å². The van der Waals surface area contributed by atoms with Crippen molar-refractivity contribution in [3.63, 3.8) is 0 Å². The summed E-state index contributed by atoms with van der Waals surface area (Å²) < 4.78 is 51.3. The second-order valence-corrected chi connectivity index (χ2v) is 12.3. The Morgan fingerprint density at radius 2 is 1.96 bits per heavy atom. The van der Waals surface area contributed by atoms with Gasteiger partial charge in [-0.2, -0.15) is 9.97 Å². The molecule has 2 aliphatic rings. The fourth-order valence-electron chi connectivity index (χ4n) is 6.32. The maximum Gasteiger partial charge on any atom is 0.319 e. The Bertz CT molecular complexity index is 1920. The molecule has 238 valence electrons. The quantitative estimate of drug-likeness (QED) is 0.157. The molecule has 2 fully saturated rings. The summed E-state index contributed by atoms with van der Waals surface area (Å²) in [5.74, 6) is -3.14. The van der Waals surface area contributed by atoms with Crippen LogP contribution in [0.5, 0.6) is 6.01 Å². The number of halogens is 5. The van der Waals surface area contributed by atoms with Crippen molar-refractivity contribution < 1.29 is 22.7 Å². The van der Waals surface area contributed by atoms with Crippen LogP contribution in [0.3, 0.4) is 0 Å². The number of aromatic nitrogens is 2. The molecule has 2 saturated heterocycles. The maximum atomic E-state index is 16.8. The first-order valence-corrected chi connectivity index (χ1v) is 15.5. The van der Waals surface area contributed by atoms with Gasteiger partial charge in [0.25, 0.3) is 5.91 Å². The van der Waals surface area contributed by atoms with Crippen molar-refractivity contribution in [3.8, 4) is 17.1 Å². The number of hydrogen-bond donors (Lipinski definition) is 0. The van der Waals surface area contributed by atoms with Crippen LogP contribution in [-0.4, -0.2) is 84.1 Å². The predicted octanol–water partition coefficient (Wildman–Crippen LogP) is 6.93. The highest BCUT2D eigenvalue weighted by molar-refractivity contribution is 6.38. The van der Waals surface area contributed by atoms with Crippen LogP contribution in [0.25, 0.3) is 37.6 Å². The first-order chi connectivity index (χ1) is 22.1. The minimum atomic E-state index is -1.11. The second-order valence-electron chi connectivity index (χ2n) is 11.5. The van der Waals surface area contributed by atoms with Crippen LogP contribution in [0.2, 0.25) is 10.0 Å².